The minimum Gasteiger partial charge on any atom is -0.383 e. The van der Waals surface area contributed by atoms with E-state index in [0.29, 0.717) is 6.04 Å². The largest absolute Gasteiger partial charge is 0.383 e. The van der Waals surface area contributed by atoms with Crippen LogP contribution in [0.15, 0.2) is 0 Å². The van der Waals surface area contributed by atoms with Crippen LogP contribution in [0, 0.1) is 0 Å². The predicted octanol–water partition coefficient (Wildman–Crippen LogP) is 2.19. The summed E-state index contributed by atoms with van der Waals surface area (Å²) in [5, 5.41) is 3.50. The number of methoxy groups -OCH3 is 1. The fourth-order valence-electron chi connectivity index (χ4n) is 1.28. The average Bonchev–Trinajstić information content (AvgIpc) is 2.06. The molecule has 0 saturated carbocycles. The lowest BCUT2D eigenvalue weighted by Gasteiger charge is -2.16. The Morgan fingerprint density at radius 1 is 1.25 bits per heavy atom. The van der Waals surface area contributed by atoms with Gasteiger partial charge in [0.2, 0.25) is 0 Å². The molecule has 0 aromatic rings. The monoisotopic (exact) mass is 173 g/mol. The van der Waals surface area contributed by atoms with E-state index in [1.165, 1.54) is 25.7 Å². The Labute approximate surface area is 76.7 Å². The summed E-state index contributed by atoms with van der Waals surface area (Å²) >= 11 is 0. The van der Waals surface area contributed by atoms with E-state index < -0.39 is 0 Å². The Bertz CT molecular complexity index is 79.9. The van der Waals surface area contributed by atoms with Crippen LogP contribution in [0.3, 0.4) is 0 Å². The van der Waals surface area contributed by atoms with Crippen molar-refractivity contribution in [2.45, 2.75) is 45.6 Å². The summed E-state index contributed by atoms with van der Waals surface area (Å²) < 4.78 is 5.12. The molecule has 0 aliphatic heterocycles. The van der Waals surface area contributed by atoms with Crippen molar-refractivity contribution in [2.75, 3.05) is 20.3 Å². The maximum absolute atomic E-state index is 5.12. The molecular formula is C10H23NO. The number of hydrogen-bond acceptors (Lipinski definition) is 2. The molecule has 1 N–H and O–H groups in total. The fourth-order valence-corrected chi connectivity index (χ4v) is 1.28. The second-order valence-corrected chi connectivity index (χ2v) is 3.25. The molecule has 0 bridgehead atoms. The van der Waals surface area contributed by atoms with Gasteiger partial charge >= 0.3 is 0 Å². The van der Waals surface area contributed by atoms with Gasteiger partial charge in [0.05, 0.1) is 6.61 Å². The van der Waals surface area contributed by atoms with Gasteiger partial charge in [0, 0.05) is 13.2 Å². The number of rotatable bonds is 8. The van der Waals surface area contributed by atoms with Gasteiger partial charge in [0.25, 0.3) is 0 Å². The molecule has 0 fully saturated rings. The summed E-state index contributed by atoms with van der Waals surface area (Å²) in [4.78, 5) is 0. The predicted molar refractivity (Wildman–Crippen MR) is 53.5 cm³/mol. The van der Waals surface area contributed by atoms with E-state index in [9.17, 15) is 0 Å². The molecule has 74 valence electrons. The summed E-state index contributed by atoms with van der Waals surface area (Å²) in [7, 11) is 1.77. The first-order chi connectivity index (χ1) is 5.85. The van der Waals surface area contributed by atoms with E-state index >= 15 is 0 Å². The topological polar surface area (TPSA) is 21.3 Å². The molecule has 0 heterocycles. The standard InChI is InChI=1S/C10H23NO/c1-4-6-8-11-10(7-5-2)9-12-3/h10-11H,4-9H2,1-3H3. The van der Waals surface area contributed by atoms with Crippen molar-refractivity contribution in [1.29, 1.82) is 0 Å². The van der Waals surface area contributed by atoms with Gasteiger partial charge in [0.1, 0.15) is 0 Å². The van der Waals surface area contributed by atoms with Crippen LogP contribution >= 0.6 is 0 Å². The van der Waals surface area contributed by atoms with Crippen LogP contribution < -0.4 is 5.32 Å². The van der Waals surface area contributed by atoms with Gasteiger partial charge in [-0.25, -0.2) is 0 Å². The van der Waals surface area contributed by atoms with Crippen LogP contribution in [0.4, 0.5) is 0 Å². The number of unbranched alkanes of at least 4 members (excludes halogenated alkanes) is 1. The van der Waals surface area contributed by atoms with E-state index in [1.54, 1.807) is 7.11 Å². The molecule has 2 heteroatoms. The van der Waals surface area contributed by atoms with Gasteiger partial charge in [-0.2, -0.15) is 0 Å². The highest BCUT2D eigenvalue weighted by Gasteiger charge is 2.04. The lowest BCUT2D eigenvalue weighted by Crippen LogP contribution is -2.33. The van der Waals surface area contributed by atoms with Crippen LogP contribution in [-0.4, -0.2) is 26.3 Å². The minimum atomic E-state index is 0.562. The highest BCUT2D eigenvalue weighted by Crippen LogP contribution is 1.97. The first kappa shape index (κ1) is 11.9. The normalized spacial score (nSPS) is 13.2. The highest BCUT2D eigenvalue weighted by molar-refractivity contribution is 4.64. The Morgan fingerprint density at radius 3 is 2.50 bits per heavy atom. The molecule has 0 aromatic carbocycles. The molecule has 2 nitrogen and oxygen atoms in total. The summed E-state index contributed by atoms with van der Waals surface area (Å²) in [6.45, 7) is 6.40. The summed E-state index contributed by atoms with van der Waals surface area (Å²) in [5.74, 6) is 0. The number of ether oxygens (including phenoxy) is 1. The van der Waals surface area contributed by atoms with Gasteiger partial charge in [-0.15, -0.1) is 0 Å². The van der Waals surface area contributed by atoms with E-state index in [0.717, 1.165) is 13.2 Å². The second kappa shape index (κ2) is 9.01. The lowest BCUT2D eigenvalue weighted by molar-refractivity contribution is 0.162. The zero-order chi connectivity index (χ0) is 9.23. The van der Waals surface area contributed by atoms with Crippen molar-refractivity contribution in [3.8, 4) is 0 Å². The molecule has 0 aliphatic rings. The van der Waals surface area contributed by atoms with Crippen molar-refractivity contribution in [3.05, 3.63) is 0 Å². The average molecular weight is 173 g/mol. The van der Waals surface area contributed by atoms with E-state index in [4.69, 9.17) is 4.74 Å². The summed E-state index contributed by atoms with van der Waals surface area (Å²) in [6, 6.07) is 0.562. The fraction of sp³-hybridized carbons (Fsp3) is 1.00. The van der Waals surface area contributed by atoms with Crippen LogP contribution in [0.25, 0.3) is 0 Å². The van der Waals surface area contributed by atoms with Crippen LogP contribution in [-0.2, 0) is 4.74 Å². The molecule has 0 spiro atoms. The maximum Gasteiger partial charge on any atom is 0.0615 e. The van der Waals surface area contributed by atoms with E-state index in [-0.39, 0.29) is 0 Å². The quantitative estimate of drug-likeness (QED) is 0.568. The molecular weight excluding hydrogens is 150 g/mol. The molecule has 0 amide bonds. The van der Waals surface area contributed by atoms with Crippen LogP contribution in [0.1, 0.15) is 39.5 Å². The SMILES string of the molecule is CCCCNC(CCC)COC. The first-order valence-corrected chi connectivity index (χ1v) is 5.07. The van der Waals surface area contributed by atoms with Crippen molar-refractivity contribution < 1.29 is 4.74 Å². The molecule has 0 aliphatic carbocycles. The Morgan fingerprint density at radius 2 is 2.00 bits per heavy atom. The van der Waals surface area contributed by atoms with E-state index in [1.807, 2.05) is 0 Å². The summed E-state index contributed by atoms with van der Waals surface area (Å²) in [6.07, 6.45) is 4.98. The Hall–Kier alpha value is -0.0800. The van der Waals surface area contributed by atoms with Gasteiger partial charge in [0.15, 0.2) is 0 Å². The van der Waals surface area contributed by atoms with Gasteiger partial charge < -0.3 is 10.1 Å². The summed E-state index contributed by atoms with van der Waals surface area (Å²) in [5.41, 5.74) is 0. The molecule has 1 atom stereocenters. The van der Waals surface area contributed by atoms with Gasteiger partial charge in [-0.3, -0.25) is 0 Å². The van der Waals surface area contributed by atoms with E-state index in [2.05, 4.69) is 19.2 Å². The molecule has 0 saturated heterocycles. The molecule has 1 unspecified atom stereocenters. The molecule has 0 aromatic heterocycles. The van der Waals surface area contributed by atoms with Crippen LogP contribution in [0.5, 0.6) is 0 Å². The van der Waals surface area contributed by atoms with Crippen molar-refractivity contribution in [2.24, 2.45) is 0 Å². The smallest absolute Gasteiger partial charge is 0.0615 e. The second-order valence-electron chi connectivity index (χ2n) is 3.25. The zero-order valence-corrected chi connectivity index (χ0v) is 8.73. The number of nitrogens with one attached hydrogen (secondary N) is 1. The van der Waals surface area contributed by atoms with Gasteiger partial charge in [-0.05, 0) is 19.4 Å². The third kappa shape index (κ3) is 6.62. The maximum atomic E-state index is 5.12. The molecule has 0 radical (unpaired) electrons. The van der Waals surface area contributed by atoms with Crippen molar-refractivity contribution in [1.82, 2.24) is 5.32 Å². The molecule has 12 heavy (non-hydrogen) atoms. The Kier molecular flexibility index (Phi) is 8.95. The van der Waals surface area contributed by atoms with Crippen molar-refractivity contribution in [3.63, 3.8) is 0 Å². The third-order valence-corrected chi connectivity index (χ3v) is 1.97. The van der Waals surface area contributed by atoms with Crippen molar-refractivity contribution >= 4 is 0 Å². The third-order valence-electron chi connectivity index (χ3n) is 1.97. The lowest BCUT2D eigenvalue weighted by atomic mass is 10.2. The minimum absolute atomic E-state index is 0.562. The number of hydrogen-bond donors (Lipinski definition) is 1. The molecule has 0 rings (SSSR count). The zero-order valence-electron chi connectivity index (χ0n) is 8.73. The Balaban J connectivity index is 3.34. The highest BCUT2D eigenvalue weighted by atomic mass is 16.5. The van der Waals surface area contributed by atoms with Crippen LogP contribution in [0.2, 0.25) is 0 Å². The first-order valence-electron chi connectivity index (χ1n) is 5.07. The van der Waals surface area contributed by atoms with Gasteiger partial charge in [-0.1, -0.05) is 26.7 Å².